The minimum Gasteiger partial charge on any atom is -0.490 e. The molecular formula is C18H15F2NO3. The van der Waals surface area contributed by atoms with Gasteiger partial charge in [0.25, 0.3) is 0 Å². The van der Waals surface area contributed by atoms with Gasteiger partial charge in [-0.25, -0.2) is 8.78 Å². The highest BCUT2D eigenvalue weighted by atomic mass is 19.2. The lowest BCUT2D eigenvalue weighted by molar-refractivity contribution is -0.134. The number of nitrogens with zero attached hydrogens (tertiary/aromatic N) is 1. The molecule has 0 N–H and O–H groups in total. The Morgan fingerprint density at radius 3 is 2.58 bits per heavy atom. The lowest BCUT2D eigenvalue weighted by Crippen LogP contribution is -2.10. The Labute approximate surface area is 138 Å². The van der Waals surface area contributed by atoms with Crippen molar-refractivity contribution in [3.63, 3.8) is 0 Å². The molecule has 0 aliphatic carbocycles. The third-order valence-corrected chi connectivity index (χ3v) is 3.20. The Kier molecular flexibility index (Phi) is 5.85. The van der Waals surface area contributed by atoms with Gasteiger partial charge in [-0.1, -0.05) is 6.07 Å². The first-order valence-corrected chi connectivity index (χ1v) is 7.35. The molecule has 0 aliphatic heterocycles. The van der Waals surface area contributed by atoms with Gasteiger partial charge >= 0.3 is 5.97 Å². The lowest BCUT2D eigenvalue weighted by atomic mass is 10.1. The van der Waals surface area contributed by atoms with Crippen LogP contribution in [-0.4, -0.2) is 12.6 Å². The van der Waals surface area contributed by atoms with E-state index < -0.39 is 17.6 Å². The number of esters is 1. The maximum atomic E-state index is 13.1. The van der Waals surface area contributed by atoms with E-state index in [0.29, 0.717) is 23.5 Å². The minimum atomic E-state index is -0.952. The molecule has 0 amide bonds. The number of nitriles is 1. The highest BCUT2D eigenvalue weighted by Gasteiger charge is 2.12. The molecule has 0 atom stereocenters. The summed E-state index contributed by atoms with van der Waals surface area (Å²) < 4.78 is 36.6. The highest BCUT2D eigenvalue weighted by molar-refractivity contribution is 5.73. The number of benzene rings is 2. The van der Waals surface area contributed by atoms with Gasteiger partial charge < -0.3 is 9.47 Å². The van der Waals surface area contributed by atoms with Gasteiger partial charge in [0.1, 0.15) is 0 Å². The molecule has 0 aromatic heterocycles. The Balaban J connectivity index is 2.01. The summed E-state index contributed by atoms with van der Waals surface area (Å²) in [6, 6.07) is 9.95. The Hall–Kier alpha value is -2.94. The van der Waals surface area contributed by atoms with Crippen molar-refractivity contribution in [2.24, 2.45) is 0 Å². The molecule has 2 aromatic carbocycles. The number of carbonyl (C=O) groups is 1. The summed E-state index contributed by atoms with van der Waals surface area (Å²) in [7, 11) is 0. The van der Waals surface area contributed by atoms with Crippen molar-refractivity contribution in [2.45, 2.75) is 19.8 Å². The number of halogens is 2. The normalized spacial score (nSPS) is 10.1. The summed E-state index contributed by atoms with van der Waals surface area (Å²) in [6.45, 7) is 2.13. The largest absolute Gasteiger partial charge is 0.490 e. The summed E-state index contributed by atoms with van der Waals surface area (Å²) in [5.74, 6) is -1.90. The predicted molar refractivity (Wildman–Crippen MR) is 82.6 cm³/mol. The highest BCUT2D eigenvalue weighted by Crippen LogP contribution is 2.28. The topological polar surface area (TPSA) is 59.3 Å². The van der Waals surface area contributed by atoms with E-state index in [2.05, 4.69) is 0 Å². The molecule has 2 aromatic rings. The van der Waals surface area contributed by atoms with Gasteiger partial charge in [0.05, 0.1) is 18.2 Å². The van der Waals surface area contributed by atoms with Crippen LogP contribution in [0.3, 0.4) is 0 Å². The van der Waals surface area contributed by atoms with Crippen LogP contribution < -0.4 is 9.47 Å². The van der Waals surface area contributed by atoms with Crippen LogP contribution in [0.5, 0.6) is 11.5 Å². The zero-order valence-electron chi connectivity index (χ0n) is 13.0. The van der Waals surface area contributed by atoms with E-state index >= 15 is 0 Å². The van der Waals surface area contributed by atoms with E-state index in [1.54, 1.807) is 6.92 Å². The van der Waals surface area contributed by atoms with Gasteiger partial charge in [-0.15, -0.1) is 0 Å². The van der Waals surface area contributed by atoms with E-state index in [1.165, 1.54) is 24.3 Å². The number of aryl methyl sites for hydroxylation is 1. The van der Waals surface area contributed by atoms with Crippen molar-refractivity contribution in [2.75, 3.05) is 6.61 Å². The van der Waals surface area contributed by atoms with Crippen LogP contribution in [0, 0.1) is 23.0 Å². The first-order valence-electron chi connectivity index (χ1n) is 7.35. The van der Waals surface area contributed by atoms with Crippen LogP contribution in [-0.2, 0) is 11.2 Å². The second-order valence-corrected chi connectivity index (χ2v) is 4.93. The Morgan fingerprint density at radius 2 is 1.92 bits per heavy atom. The Morgan fingerprint density at radius 1 is 1.12 bits per heavy atom. The molecule has 0 unspecified atom stereocenters. The van der Waals surface area contributed by atoms with Crippen molar-refractivity contribution in [1.29, 1.82) is 5.26 Å². The predicted octanol–water partition coefficient (Wildman–Crippen LogP) is 3.77. The molecule has 0 fully saturated rings. The molecule has 124 valence electrons. The maximum absolute atomic E-state index is 13.1. The summed E-state index contributed by atoms with van der Waals surface area (Å²) in [4.78, 5) is 11.9. The van der Waals surface area contributed by atoms with Gasteiger partial charge in [0.15, 0.2) is 23.1 Å². The average molecular weight is 331 g/mol. The number of hydrogen-bond donors (Lipinski definition) is 0. The van der Waals surface area contributed by atoms with Gasteiger partial charge in [-0.2, -0.15) is 5.26 Å². The van der Waals surface area contributed by atoms with Crippen LogP contribution in [0.25, 0.3) is 0 Å². The molecule has 6 heteroatoms. The fourth-order valence-corrected chi connectivity index (χ4v) is 2.05. The number of rotatable bonds is 6. The maximum Gasteiger partial charge on any atom is 0.311 e. The van der Waals surface area contributed by atoms with Crippen molar-refractivity contribution in [3.05, 3.63) is 59.2 Å². The number of carbonyl (C=O) groups excluding carboxylic acids is 1. The van der Waals surface area contributed by atoms with Crippen LogP contribution in [0.4, 0.5) is 8.78 Å². The van der Waals surface area contributed by atoms with Gasteiger partial charge in [-0.3, -0.25) is 4.79 Å². The van der Waals surface area contributed by atoms with Crippen LogP contribution >= 0.6 is 0 Å². The first kappa shape index (κ1) is 17.4. The molecule has 0 saturated carbocycles. The number of hydrogen-bond acceptors (Lipinski definition) is 4. The molecule has 0 aliphatic rings. The van der Waals surface area contributed by atoms with Crippen LogP contribution in [0.1, 0.15) is 24.5 Å². The molecule has 0 heterocycles. The zero-order valence-corrected chi connectivity index (χ0v) is 13.0. The molecular weight excluding hydrogens is 316 g/mol. The summed E-state index contributed by atoms with van der Waals surface area (Å²) in [5, 5.41) is 8.88. The van der Waals surface area contributed by atoms with Crippen molar-refractivity contribution < 1.29 is 23.0 Å². The summed E-state index contributed by atoms with van der Waals surface area (Å²) >= 11 is 0. The van der Waals surface area contributed by atoms with E-state index in [-0.39, 0.29) is 18.6 Å². The summed E-state index contributed by atoms with van der Waals surface area (Å²) in [6.07, 6.45) is 0.215. The van der Waals surface area contributed by atoms with E-state index in [9.17, 15) is 13.6 Å². The standard InChI is InChI=1S/C18H15F2NO3/c1-2-23-17-10-13(11-21)4-7-16(17)24-18(22)8-5-12-3-6-14(19)15(20)9-12/h3-4,6-7,9-10H,2,5,8H2,1H3. The van der Waals surface area contributed by atoms with E-state index in [1.807, 2.05) is 6.07 Å². The molecule has 0 bridgehead atoms. The monoisotopic (exact) mass is 331 g/mol. The number of ether oxygens (including phenoxy) is 2. The van der Waals surface area contributed by atoms with Crippen molar-refractivity contribution in [3.8, 4) is 17.6 Å². The molecule has 2 rings (SSSR count). The molecule has 0 radical (unpaired) electrons. The molecule has 4 nitrogen and oxygen atoms in total. The third kappa shape index (κ3) is 4.53. The lowest BCUT2D eigenvalue weighted by Gasteiger charge is -2.11. The van der Waals surface area contributed by atoms with Gasteiger partial charge in [0, 0.05) is 12.5 Å². The molecule has 24 heavy (non-hydrogen) atoms. The van der Waals surface area contributed by atoms with Gasteiger partial charge in [0.2, 0.25) is 0 Å². The van der Waals surface area contributed by atoms with E-state index in [4.69, 9.17) is 14.7 Å². The second kappa shape index (κ2) is 8.06. The quantitative estimate of drug-likeness (QED) is 0.597. The van der Waals surface area contributed by atoms with Crippen LogP contribution in [0.15, 0.2) is 36.4 Å². The fourth-order valence-electron chi connectivity index (χ4n) is 2.05. The second-order valence-electron chi connectivity index (χ2n) is 4.93. The Bertz CT molecular complexity index is 784. The molecule has 0 saturated heterocycles. The third-order valence-electron chi connectivity index (χ3n) is 3.20. The van der Waals surface area contributed by atoms with Gasteiger partial charge in [-0.05, 0) is 43.2 Å². The fraction of sp³-hybridized carbons (Fsp3) is 0.222. The minimum absolute atomic E-state index is 0.00333. The SMILES string of the molecule is CCOc1cc(C#N)ccc1OC(=O)CCc1ccc(F)c(F)c1. The summed E-state index contributed by atoms with van der Waals surface area (Å²) in [5.41, 5.74) is 0.885. The first-order chi connectivity index (χ1) is 11.5. The van der Waals surface area contributed by atoms with Crippen molar-refractivity contribution >= 4 is 5.97 Å². The van der Waals surface area contributed by atoms with Crippen LogP contribution in [0.2, 0.25) is 0 Å². The van der Waals surface area contributed by atoms with Crippen molar-refractivity contribution in [1.82, 2.24) is 0 Å². The van der Waals surface area contributed by atoms with E-state index in [0.717, 1.165) is 12.1 Å². The smallest absolute Gasteiger partial charge is 0.311 e. The zero-order chi connectivity index (χ0) is 17.5. The molecule has 0 spiro atoms. The average Bonchev–Trinajstić information content (AvgIpc) is 2.57.